The Morgan fingerprint density at radius 3 is 2.59 bits per heavy atom. The number of pyridine rings is 1. The minimum absolute atomic E-state index is 0.0689. The van der Waals surface area contributed by atoms with E-state index in [1.54, 1.807) is 18.3 Å². The second-order valence-electron chi connectivity index (χ2n) is 3.72. The van der Waals surface area contributed by atoms with Gasteiger partial charge in [-0.15, -0.1) is 0 Å². The van der Waals surface area contributed by atoms with Gasteiger partial charge in [0, 0.05) is 17.5 Å². The second-order valence-corrected chi connectivity index (χ2v) is 3.72. The third-order valence-electron chi connectivity index (χ3n) is 2.39. The Morgan fingerprint density at radius 1 is 1.24 bits per heavy atom. The van der Waals surface area contributed by atoms with Crippen LogP contribution in [0.4, 0.5) is 4.39 Å². The van der Waals surface area contributed by atoms with Gasteiger partial charge in [-0.1, -0.05) is 6.07 Å². The van der Waals surface area contributed by atoms with Gasteiger partial charge in [-0.3, -0.25) is 4.98 Å². The molecule has 0 aliphatic rings. The van der Waals surface area contributed by atoms with Crippen LogP contribution in [0, 0.1) is 12.7 Å². The molecule has 3 nitrogen and oxygen atoms in total. The molecule has 0 spiro atoms. The van der Waals surface area contributed by atoms with Crippen molar-refractivity contribution in [1.82, 2.24) is 4.98 Å². The molecule has 0 fully saturated rings. The fourth-order valence-electron chi connectivity index (χ4n) is 1.52. The van der Waals surface area contributed by atoms with Crippen molar-refractivity contribution < 1.29 is 14.3 Å². The molecule has 1 aromatic heterocycles. The van der Waals surface area contributed by atoms with E-state index in [0.29, 0.717) is 11.1 Å². The van der Waals surface area contributed by atoms with E-state index in [1.807, 2.05) is 6.92 Å². The molecule has 1 aromatic carbocycles. The normalized spacial score (nSPS) is 10.2. The maximum Gasteiger partial charge on any atom is 0.335 e. The first-order valence-corrected chi connectivity index (χ1v) is 5.03. The number of benzene rings is 1. The predicted octanol–water partition coefficient (Wildman–Crippen LogP) is 2.89. The monoisotopic (exact) mass is 231 g/mol. The Morgan fingerprint density at radius 2 is 2.00 bits per heavy atom. The minimum Gasteiger partial charge on any atom is -0.478 e. The van der Waals surface area contributed by atoms with Crippen LogP contribution in [-0.4, -0.2) is 16.1 Å². The molecule has 0 aliphatic heterocycles. The molecule has 0 radical (unpaired) electrons. The summed E-state index contributed by atoms with van der Waals surface area (Å²) in [5.41, 5.74) is 1.98. The summed E-state index contributed by atoms with van der Waals surface area (Å²) in [6.45, 7) is 1.85. The van der Waals surface area contributed by atoms with E-state index in [-0.39, 0.29) is 5.56 Å². The van der Waals surface area contributed by atoms with Crippen LogP contribution in [0.25, 0.3) is 11.1 Å². The van der Waals surface area contributed by atoms with Gasteiger partial charge in [0.1, 0.15) is 5.82 Å². The Labute approximate surface area is 97.6 Å². The average molecular weight is 231 g/mol. The highest BCUT2D eigenvalue weighted by molar-refractivity contribution is 5.89. The van der Waals surface area contributed by atoms with Crippen molar-refractivity contribution in [3.63, 3.8) is 0 Å². The molecule has 0 aliphatic carbocycles. The molecule has 0 atom stereocenters. The fraction of sp³-hybridized carbons (Fsp3) is 0.0769. The molecule has 0 bridgehead atoms. The summed E-state index contributed by atoms with van der Waals surface area (Å²) in [4.78, 5) is 14.9. The summed E-state index contributed by atoms with van der Waals surface area (Å²) in [5.74, 6) is -1.72. The van der Waals surface area contributed by atoms with Crippen LogP contribution in [0.2, 0.25) is 0 Å². The lowest BCUT2D eigenvalue weighted by Crippen LogP contribution is -1.97. The fourth-order valence-corrected chi connectivity index (χ4v) is 1.52. The summed E-state index contributed by atoms with van der Waals surface area (Å²) in [5, 5.41) is 8.84. The van der Waals surface area contributed by atoms with E-state index < -0.39 is 11.8 Å². The van der Waals surface area contributed by atoms with Gasteiger partial charge in [-0.25, -0.2) is 9.18 Å². The average Bonchev–Trinajstić information content (AvgIpc) is 2.29. The van der Waals surface area contributed by atoms with Crippen molar-refractivity contribution in [2.45, 2.75) is 6.92 Å². The van der Waals surface area contributed by atoms with E-state index in [9.17, 15) is 9.18 Å². The Hall–Kier alpha value is -2.23. The van der Waals surface area contributed by atoms with Gasteiger partial charge in [-0.05, 0) is 36.8 Å². The van der Waals surface area contributed by atoms with E-state index in [2.05, 4.69) is 4.98 Å². The highest BCUT2D eigenvalue weighted by Gasteiger charge is 2.08. The van der Waals surface area contributed by atoms with Crippen LogP contribution in [-0.2, 0) is 0 Å². The number of aromatic carboxylic acids is 1. The summed E-state index contributed by atoms with van der Waals surface area (Å²) in [6.07, 6.45) is 1.59. The van der Waals surface area contributed by atoms with Gasteiger partial charge < -0.3 is 5.11 Å². The van der Waals surface area contributed by atoms with Crippen molar-refractivity contribution in [3.05, 3.63) is 53.6 Å². The van der Waals surface area contributed by atoms with Gasteiger partial charge >= 0.3 is 5.97 Å². The second kappa shape index (κ2) is 4.33. The first kappa shape index (κ1) is 11.3. The van der Waals surface area contributed by atoms with Crippen LogP contribution in [0.3, 0.4) is 0 Å². The number of aryl methyl sites for hydroxylation is 1. The number of hydrogen-bond acceptors (Lipinski definition) is 2. The molecule has 1 N–H and O–H groups in total. The molecular formula is C13H10FNO2. The molecule has 0 saturated heterocycles. The standard InChI is InChI=1S/C13H10FNO2/c1-8-2-3-9(7-15-8)10-4-11(13(16)17)6-12(14)5-10/h2-7H,1H3,(H,16,17). The van der Waals surface area contributed by atoms with Crippen LogP contribution >= 0.6 is 0 Å². The molecule has 0 amide bonds. The zero-order valence-electron chi connectivity index (χ0n) is 9.14. The lowest BCUT2D eigenvalue weighted by molar-refractivity contribution is 0.0696. The molecule has 0 unspecified atom stereocenters. The largest absolute Gasteiger partial charge is 0.478 e. The molecule has 2 aromatic rings. The van der Waals surface area contributed by atoms with E-state index in [1.165, 1.54) is 12.1 Å². The van der Waals surface area contributed by atoms with Crippen LogP contribution < -0.4 is 0 Å². The van der Waals surface area contributed by atoms with Crippen LogP contribution in [0.15, 0.2) is 36.5 Å². The third-order valence-corrected chi connectivity index (χ3v) is 2.39. The molecular weight excluding hydrogens is 221 g/mol. The number of nitrogens with zero attached hydrogens (tertiary/aromatic N) is 1. The highest BCUT2D eigenvalue weighted by Crippen LogP contribution is 2.21. The smallest absolute Gasteiger partial charge is 0.335 e. The van der Waals surface area contributed by atoms with Crippen molar-refractivity contribution in [2.24, 2.45) is 0 Å². The Kier molecular flexibility index (Phi) is 2.87. The van der Waals surface area contributed by atoms with Crippen LogP contribution in [0.5, 0.6) is 0 Å². The van der Waals surface area contributed by atoms with E-state index >= 15 is 0 Å². The third kappa shape index (κ3) is 2.47. The quantitative estimate of drug-likeness (QED) is 0.864. The maximum atomic E-state index is 13.3. The number of rotatable bonds is 2. The predicted molar refractivity (Wildman–Crippen MR) is 61.3 cm³/mol. The lowest BCUT2D eigenvalue weighted by Gasteiger charge is -2.04. The van der Waals surface area contributed by atoms with Crippen molar-refractivity contribution in [2.75, 3.05) is 0 Å². The molecule has 17 heavy (non-hydrogen) atoms. The van der Waals surface area contributed by atoms with Crippen LogP contribution in [0.1, 0.15) is 16.1 Å². The molecule has 86 valence electrons. The van der Waals surface area contributed by atoms with Gasteiger partial charge in [0.15, 0.2) is 0 Å². The molecule has 2 rings (SSSR count). The van der Waals surface area contributed by atoms with Gasteiger partial charge in [0.25, 0.3) is 0 Å². The number of hydrogen-bond donors (Lipinski definition) is 1. The van der Waals surface area contributed by atoms with Gasteiger partial charge in [0.05, 0.1) is 5.56 Å². The van der Waals surface area contributed by atoms with Gasteiger partial charge in [0.2, 0.25) is 0 Å². The number of halogens is 1. The van der Waals surface area contributed by atoms with E-state index in [4.69, 9.17) is 5.11 Å². The summed E-state index contributed by atoms with van der Waals surface area (Å²) >= 11 is 0. The molecule has 1 heterocycles. The van der Waals surface area contributed by atoms with Crippen molar-refractivity contribution in [3.8, 4) is 11.1 Å². The number of carboxylic acid groups (broad SMARTS) is 1. The zero-order chi connectivity index (χ0) is 12.4. The molecule has 4 heteroatoms. The first-order valence-electron chi connectivity index (χ1n) is 5.03. The van der Waals surface area contributed by atoms with Crippen molar-refractivity contribution in [1.29, 1.82) is 0 Å². The summed E-state index contributed by atoms with van der Waals surface area (Å²) in [6, 6.07) is 7.29. The minimum atomic E-state index is -1.15. The highest BCUT2D eigenvalue weighted by atomic mass is 19.1. The summed E-state index contributed by atoms with van der Waals surface area (Å²) < 4.78 is 13.3. The zero-order valence-corrected chi connectivity index (χ0v) is 9.14. The Bertz CT molecular complexity index is 564. The lowest BCUT2D eigenvalue weighted by atomic mass is 10.0. The first-order chi connectivity index (χ1) is 8.06. The SMILES string of the molecule is Cc1ccc(-c2cc(F)cc(C(=O)O)c2)cn1. The van der Waals surface area contributed by atoms with E-state index in [0.717, 1.165) is 11.8 Å². The van der Waals surface area contributed by atoms with Gasteiger partial charge in [-0.2, -0.15) is 0 Å². The van der Waals surface area contributed by atoms with Crippen molar-refractivity contribution >= 4 is 5.97 Å². The molecule has 0 saturated carbocycles. The number of carbonyl (C=O) groups is 1. The number of aromatic nitrogens is 1. The summed E-state index contributed by atoms with van der Waals surface area (Å²) in [7, 11) is 0. The maximum absolute atomic E-state index is 13.3. The topological polar surface area (TPSA) is 50.2 Å². The number of carboxylic acids is 1. The Balaban J connectivity index is 2.51.